The zero-order valence-corrected chi connectivity index (χ0v) is 10.9. The van der Waals surface area contributed by atoms with Crippen LogP contribution in [0.15, 0.2) is 52.6 Å². The van der Waals surface area contributed by atoms with Crippen molar-refractivity contribution in [3.05, 3.63) is 53.9 Å². The average molecular weight is 246 g/mol. The number of allylic oxidation sites excluding steroid dienone is 1. The summed E-state index contributed by atoms with van der Waals surface area (Å²) in [5.74, 6) is 0. The van der Waals surface area contributed by atoms with Gasteiger partial charge in [-0.1, -0.05) is 36.4 Å². The molecule has 0 aliphatic heterocycles. The van der Waals surface area contributed by atoms with Crippen molar-refractivity contribution in [2.75, 3.05) is 6.26 Å². The predicted octanol–water partition coefficient (Wildman–Crippen LogP) is 4.87. The van der Waals surface area contributed by atoms with Gasteiger partial charge in [0.1, 0.15) is 0 Å². The second-order valence-corrected chi connectivity index (χ2v) is 5.43. The summed E-state index contributed by atoms with van der Waals surface area (Å²) in [6, 6.07) is 10.6. The van der Waals surface area contributed by atoms with Gasteiger partial charge in [0.2, 0.25) is 0 Å². The Hall–Kier alpha value is -0.990. The molecule has 0 saturated carbocycles. The van der Waals surface area contributed by atoms with Crippen molar-refractivity contribution in [3.8, 4) is 11.1 Å². The molecule has 0 fully saturated rings. The van der Waals surface area contributed by atoms with Gasteiger partial charge in [-0.05, 0) is 29.4 Å². The lowest BCUT2D eigenvalue weighted by molar-refractivity contribution is 1.25. The van der Waals surface area contributed by atoms with E-state index in [0.29, 0.717) is 0 Å². The van der Waals surface area contributed by atoms with Gasteiger partial charge in [0, 0.05) is 5.38 Å². The lowest BCUT2D eigenvalue weighted by atomic mass is 10.0. The van der Waals surface area contributed by atoms with Crippen molar-refractivity contribution in [1.29, 1.82) is 0 Å². The third-order valence-corrected chi connectivity index (χ3v) is 4.69. The van der Waals surface area contributed by atoms with E-state index in [9.17, 15) is 0 Å². The Morgan fingerprint density at radius 3 is 2.69 bits per heavy atom. The Kier molecular flexibility index (Phi) is 3.86. The monoisotopic (exact) mass is 246 g/mol. The second-order valence-electron chi connectivity index (χ2n) is 3.48. The molecule has 0 aliphatic rings. The summed E-state index contributed by atoms with van der Waals surface area (Å²) < 4.78 is 1.40. The molecule has 0 N–H and O–H groups in total. The molecule has 0 amide bonds. The van der Waals surface area contributed by atoms with E-state index >= 15 is 0 Å². The van der Waals surface area contributed by atoms with Crippen molar-refractivity contribution in [3.63, 3.8) is 0 Å². The first-order valence-corrected chi connectivity index (χ1v) is 7.28. The van der Waals surface area contributed by atoms with E-state index in [-0.39, 0.29) is 0 Å². The topological polar surface area (TPSA) is 0 Å². The van der Waals surface area contributed by atoms with E-state index in [2.05, 4.69) is 48.5 Å². The van der Waals surface area contributed by atoms with E-state index in [1.165, 1.54) is 20.9 Å². The fourth-order valence-corrected chi connectivity index (χ4v) is 3.54. The fourth-order valence-electron chi connectivity index (χ4n) is 1.73. The number of benzene rings is 1. The van der Waals surface area contributed by atoms with Crippen LogP contribution in [-0.2, 0) is 6.42 Å². The number of hydrogen-bond acceptors (Lipinski definition) is 2. The highest BCUT2D eigenvalue weighted by molar-refractivity contribution is 8.00. The third kappa shape index (κ3) is 2.23. The Morgan fingerprint density at radius 2 is 2.06 bits per heavy atom. The highest BCUT2D eigenvalue weighted by atomic mass is 32.2. The molecule has 0 atom stereocenters. The lowest BCUT2D eigenvalue weighted by Crippen LogP contribution is -1.84. The standard InChI is InChI=1S/C14H14S2/c1-3-7-12-13(10-16-14(12)15-2)11-8-5-4-6-9-11/h3-6,8-10H,1,7H2,2H3. The highest BCUT2D eigenvalue weighted by Crippen LogP contribution is 2.37. The van der Waals surface area contributed by atoms with Gasteiger partial charge >= 0.3 is 0 Å². The summed E-state index contributed by atoms with van der Waals surface area (Å²) in [6.07, 6.45) is 5.06. The molecule has 0 spiro atoms. The Morgan fingerprint density at radius 1 is 1.31 bits per heavy atom. The summed E-state index contributed by atoms with van der Waals surface area (Å²) in [6.45, 7) is 3.84. The number of rotatable bonds is 4. The summed E-state index contributed by atoms with van der Waals surface area (Å²) in [4.78, 5) is 0. The molecule has 0 radical (unpaired) electrons. The van der Waals surface area contributed by atoms with Crippen LogP contribution >= 0.6 is 23.1 Å². The molecule has 0 bridgehead atoms. The van der Waals surface area contributed by atoms with Gasteiger partial charge in [0.15, 0.2) is 0 Å². The summed E-state index contributed by atoms with van der Waals surface area (Å²) in [7, 11) is 0. The molecule has 2 aromatic rings. The number of thioether (sulfide) groups is 1. The van der Waals surface area contributed by atoms with Crippen LogP contribution in [0.5, 0.6) is 0 Å². The summed E-state index contributed by atoms with van der Waals surface area (Å²) in [5.41, 5.74) is 4.07. The Bertz CT molecular complexity index is 469. The smallest absolute Gasteiger partial charge is 0.0637 e. The Balaban J connectivity index is 2.48. The van der Waals surface area contributed by atoms with Gasteiger partial charge in [0.25, 0.3) is 0 Å². The Labute approximate surface area is 105 Å². The zero-order chi connectivity index (χ0) is 11.4. The largest absolute Gasteiger partial charge is 0.136 e. The van der Waals surface area contributed by atoms with Gasteiger partial charge in [-0.2, -0.15) is 0 Å². The lowest BCUT2D eigenvalue weighted by Gasteiger charge is -2.03. The first kappa shape index (κ1) is 11.5. The predicted molar refractivity (Wildman–Crippen MR) is 75.4 cm³/mol. The average Bonchev–Trinajstić information content (AvgIpc) is 2.74. The van der Waals surface area contributed by atoms with Crippen molar-refractivity contribution >= 4 is 23.1 Å². The maximum atomic E-state index is 3.84. The van der Waals surface area contributed by atoms with Crippen LogP contribution in [0.25, 0.3) is 11.1 Å². The SMILES string of the molecule is C=CCc1c(-c2ccccc2)csc1SC. The van der Waals surface area contributed by atoms with E-state index in [1.54, 1.807) is 0 Å². The molecule has 0 unspecified atom stereocenters. The van der Waals surface area contributed by atoms with Gasteiger partial charge < -0.3 is 0 Å². The molecule has 1 aromatic heterocycles. The second kappa shape index (κ2) is 5.37. The zero-order valence-electron chi connectivity index (χ0n) is 9.27. The minimum atomic E-state index is 0.948. The molecule has 0 saturated heterocycles. The van der Waals surface area contributed by atoms with Crippen LogP contribution in [0.1, 0.15) is 5.56 Å². The maximum Gasteiger partial charge on any atom is 0.0637 e. The molecule has 2 heteroatoms. The maximum absolute atomic E-state index is 3.84. The number of hydrogen-bond donors (Lipinski definition) is 0. The quantitative estimate of drug-likeness (QED) is 0.548. The van der Waals surface area contributed by atoms with Crippen molar-refractivity contribution < 1.29 is 0 Å². The summed E-state index contributed by atoms with van der Waals surface area (Å²) >= 11 is 3.65. The van der Waals surface area contributed by atoms with Crippen LogP contribution in [-0.4, -0.2) is 6.26 Å². The molecule has 2 rings (SSSR count). The van der Waals surface area contributed by atoms with Crippen LogP contribution in [0.3, 0.4) is 0 Å². The van der Waals surface area contributed by atoms with Gasteiger partial charge in [0.05, 0.1) is 4.21 Å². The van der Waals surface area contributed by atoms with Crippen molar-refractivity contribution in [2.24, 2.45) is 0 Å². The summed E-state index contributed by atoms with van der Waals surface area (Å²) in [5, 5.41) is 2.25. The first-order chi connectivity index (χ1) is 7.86. The normalized spacial score (nSPS) is 10.3. The van der Waals surface area contributed by atoms with E-state index in [0.717, 1.165) is 6.42 Å². The van der Waals surface area contributed by atoms with E-state index in [4.69, 9.17) is 0 Å². The van der Waals surface area contributed by atoms with E-state index < -0.39 is 0 Å². The fraction of sp³-hybridized carbons (Fsp3) is 0.143. The van der Waals surface area contributed by atoms with Gasteiger partial charge in [-0.3, -0.25) is 0 Å². The van der Waals surface area contributed by atoms with Crippen molar-refractivity contribution in [1.82, 2.24) is 0 Å². The molecule has 1 aromatic carbocycles. The molecular formula is C14H14S2. The first-order valence-electron chi connectivity index (χ1n) is 5.17. The van der Waals surface area contributed by atoms with Crippen LogP contribution in [0.4, 0.5) is 0 Å². The van der Waals surface area contributed by atoms with Crippen molar-refractivity contribution in [2.45, 2.75) is 10.6 Å². The van der Waals surface area contributed by atoms with Gasteiger partial charge in [-0.25, -0.2) is 0 Å². The molecule has 82 valence electrons. The highest BCUT2D eigenvalue weighted by Gasteiger charge is 2.10. The molecule has 0 nitrogen and oxygen atoms in total. The third-order valence-electron chi connectivity index (χ3n) is 2.47. The van der Waals surface area contributed by atoms with E-state index in [1.807, 2.05) is 29.2 Å². The molecule has 0 aliphatic carbocycles. The number of thiophene rings is 1. The minimum absolute atomic E-state index is 0.948. The van der Waals surface area contributed by atoms with Crippen LogP contribution in [0.2, 0.25) is 0 Å². The molecule has 16 heavy (non-hydrogen) atoms. The van der Waals surface area contributed by atoms with Crippen LogP contribution < -0.4 is 0 Å². The van der Waals surface area contributed by atoms with Crippen LogP contribution in [0, 0.1) is 0 Å². The molecule has 1 heterocycles. The minimum Gasteiger partial charge on any atom is -0.136 e. The molecular weight excluding hydrogens is 232 g/mol. The van der Waals surface area contributed by atoms with Gasteiger partial charge in [-0.15, -0.1) is 29.7 Å².